The van der Waals surface area contributed by atoms with Gasteiger partial charge >= 0.3 is 0 Å². The van der Waals surface area contributed by atoms with Gasteiger partial charge in [0.15, 0.2) is 0 Å². The van der Waals surface area contributed by atoms with Crippen LogP contribution in [0.2, 0.25) is 0 Å². The van der Waals surface area contributed by atoms with E-state index in [0.29, 0.717) is 23.5 Å². The van der Waals surface area contributed by atoms with Crippen molar-refractivity contribution in [2.24, 2.45) is 0 Å². The molecule has 0 aliphatic rings. The molecule has 0 aliphatic carbocycles. The van der Waals surface area contributed by atoms with E-state index in [9.17, 15) is 4.79 Å². The van der Waals surface area contributed by atoms with Crippen LogP contribution in [0.4, 0.5) is 5.69 Å². The summed E-state index contributed by atoms with van der Waals surface area (Å²) < 4.78 is 5.11. The summed E-state index contributed by atoms with van der Waals surface area (Å²) in [5, 5.41) is 11.5. The SMILES string of the molecule is COc1cc(C#N)ccc1NC(=O)CN(C)C. The van der Waals surface area contributed by atoms with Gasteiger partial charge in [0, 0.05) is 6.07 Å². The lowest BCUT2D eigenvalue weighted by Crippen LogP contribution is -2.27. The number of nitriles is 1. The van der Waals surface area contributed by atoms with E-state index < -0.39 is 0 Å². The number of hydrogen-bond acceptors (Lipinski definition) is 4. The van der Waals surface area contributed by atoms with Crippen LogP contribution in [0.3, 0.4) is 0 Å². The summed E-state index contributed by atoms with van der Waals surface area (Å²) in [7, 11) is 5.13. The first kappa shape index (κ1) is 13.0. The quantitative estimate of drug-likeness (QED) is 0.844. The first-order valence-electron chi connectivity index (χ1n) is 5.09. The fraction of sp³-hybridized carbons (Fsp3) is 0.333. The van der Waals surface area contributed by atoms with Gasteiger partial charge in [-0.05, 0) is 26.2 Å². The molecule has 0 saturated carbocycles. The molecule has 1 aromatic carbocycles. The molecule has 0 aliphatic heterocycles. The van der Waals surface area contributed by atoms with E-state index in [2.05, 4.69) is 5.32 Å². The van der Waals surface area contributed by atoms with E-state index in [1.54, 1.807) is 23.1 Å². The fourth-order valence-electron chi connectivity index (χ4n) is 1.34. The van der Waals surface area contributed by atoms with Crippen LogP contribution < -0.4 is 10.1 Å². The lowest BCUT2D eigenvalue weighted by atomic mass is 10.2. The van der Waals surface area contributed by atoms with Crippen molar-refractivity contribution in [2.45, 2.75) is 0 Å². The number of rotatable bonds is 4. The zero-order chi connectivity index (χ0) is 12.8. The fourth-order valence-corrected chi connectivity index (χ4v) is 1.34. The van der Waals surface area contributed by atoms with Gasteiger partial charge in [-0.2, -0.15) is 5.26 Å². The van der Waals surface area contributed by atoms with E-state index in [1.165, 1.54) is 7.11 Å². The molecule has 0 spiro atoms. The van der Waals surface area contributed by atoms with Crippen LogP contribution in [0.5, 0.6) is 5.75 Å². The number of nitrogens with one attached hydrogen (secondary N) is 1. The second kappa shape index (κ2) is 5.87. The van der Waals surface area contributed by atoms with E-state index in [1.807, 2.05) is 20.2 Å². The number of anilines is 1. The zero-order valence-electron chi connectivity index (χ0n) is 10.2. The van der Waals surface area contributed by atoms with Gasteiger partial charge in [0.1, 0.15) is 5.75 Å². The Labute approximate surface area is 101 Å². The Morgan fingerprint density at radius 3 is 2.76 bits per heavy atom. The molecule has 0 bridgehead atoms. The van der Waals surface area contributed by atoms with Crippen molar-refractivity contribution >= 4 is 11.6 Å². The number of hydrogen-bond donors (Lipinski definition) is 1. The van der Waals surface area contributed by atoms with Crippen LogP contribution in [0.1, 0.15) is 5.56 Å². The summed E-state index contributed by atoms with van der Waals surface area (Å²) >= 11 is 0. The van der Waals surface area contributed by atoms with Crippen LogP contribution in [0.25, 0.3) is 0 Å². The molecule has 1 aromatic rings. The second-order valence-electron chi connectivity index (χ2n) is 3.81. The molecule has 0 atom stereocenters. The summed E-state index contributed by atoms with van der Waals surface area (Å²) in [4.78, 5) is 13.3. The summed E-state index contributed by atoms with van der Waals surface area (Å²) in [6, 6.07) is 6.89. The van der Waals surface area contributed by atoms with Gasteiger partial charge < -0.3 is 15.0 Å². The van der Waals surface area contributed by atoms with Crippen LogP contribution in [-0.2, 0) is 4.79 Å². The number of likely N-dealkylation sites (N-methyl/N-ethyl adjacent to an activating group) is 1. The zero-order valence-corrected chi connectivity index (χ0v) is 10.2. The number of ether oxygens (including phenoxy) is 1. The molecule has 0 saturated heterocycles. The molecular weight excluding hydrogens is 218 g/mol. The third-order valence-electron chi connectivity index (χ3n) is 2.06. The highest BCUT2D eigenvalue weighted by atomic mass is 16.5. The Balaban J connectivity index is 2.84. The molecule has 5 heteroatoms. The Morgan fingerprint density at radius 2 is 2.24 bits per heavy atom. The molecule has 90 valence electrons. The maximum Gasteiger partial charge on any atom is 0.238 e. The van der Waals surface area contributed by atoms with Gasteiger partial charge in [0.25, 0.3) is 0 Å². The number of carbonyl (C=O) groups excluding carboxylic acids is 1. The summed E-state index contributed by atoms with van der Waals surface area (Å²) in [5.41, 5.74) is 1.06. The lowest BCUT2D eigenvalue weighted by molar-refractivity contribution is -0.116. The highest BCUT2D eigenvalue weighted by Crippen LogP contribution is 2.25. The van der Waals surface area contributed by atoms with Crippen LogP contribution >= 0.6 is 0 Å². The summed E-state index contributed by atoms with van der Waals surface area (Å²) in [5.74, 6) is 0.356. The number of benzene rings is 1. The number of nitrogens with zero attached hydrogens (tertiary/aromatic N) is 2. The maximum atomic E-state index is 11.6. The maximum absolute atomic E-state index is 11.6. The molecule has 0 aromatic heterocycles. The van der Waals surface area contributed by atoms with Crippen molar-refractivity contribution in [1.82, 2.24) is 4.90 Å². The predicted molar refractivity (Wildman–Crippen MR) is 64.9 cm³/mol. The number of carbonyl (C=O) groups is 1. The third-order valence-corrected chi connectivity index (χ3v) is 2.06. The van der Waals surface area contributed by atoms with Crippen LogP contribution in [0, 0.1) is 11.3 Å². The minimum absolute atomic E-state index is 0.127. The topological polar surface area (TPSA) is 65.4 Å². The predicted octanol–water partition coefficient (Wildman–Crippen LogP) is 1.07. The first-order chi connectivity index (χ1) is 8.06. The average molecular weight is 233 g/mol. The third kappa shape index (κ3) is 3.78. The summed E-state index contributed by atoms with van der Waals surface area (Å²) in [6.07, 6.45) is 0. The van der Waals surface area contributed by atoms with Crippen molar-refractivity contribution in [3.05, 3.63) is 23.8 Å². The smallest absolute Gasteiger partial charge is 0.238 e. The normalized spacial score (nSPS) is 9.82. The highest BCUT2D eigenvalue weighted by molar-refractivity contribution is 5.93. The molecule has 1 amide bonds. The van der Waals surface area contributed by atoms with Crippen LogP contribution in [0.15, 0.2) is 18.2 Å². The lowest BCUT2D eigenvalue weighted by Gasteiger charge is -2.12. The first-order valence-corrected chi connectivity index (χ1v) is 5.09. The van der Waals surface area contributed by atoms with Gasteiger partial charge in [-0.3, -0.25) is 4.79 Å². The largest absolute Gasteiger partial charge is 0.495 e. The number of methoxy groups -OCH3 is 1. The molecule has 17 heavy (non-hydrogen) atoms. The van der Waals surface area contributed by atoms with Crippen molar-refractivity contribution in [2.75, 3.05) is 33.1 Å². The van der Waals surface area contributed by atoms with Crippen molar-refractivity contribution < 1.29 is 9.53 Å². The van der Waals surface area contributed by atoms with Gasteiger partial charge in [0.05, 0.1) is 31.0 Å². The van der Waals surface area contributed by atoms with Gasteiger partial charge in [-0.1, -0.05) is 0 Å². The molecule has 5 nitrogen and oxygen atoms in total. The average Bonchev–Trinajstić information content (AvgIpc) is 2.28. The Bertz CT molecular complexity index is 450. The van der Waals surface area contributed by atoms with E-state index >= 15 is 0 Å². The second-order valence-corrected chi connectivity index (χ2v) is 3.81. The molecular formula is C12H15N3O2. The highest BCUT2D eigenvalue weighted by Gasteiger charge is 2.08. The molecule has 0 fully saturated rings. The van der Waals surface area contributed by atoms with Crippen molar-refractivity contribution in [3.8, 4) is 11.8 Å². The van der Waals surface area contributed by atoms with Crippen molar-refractivity contribution in [1.29, 1.82) is 5.26 Å². The monoisotopic (exact) mass is 233 g/mol. The molecule has 0 unspecified atom stereocenters. The van der Waals surface area contributed by atoms with E-state index in [4.69, 9.17) is 10.00 Å². The Hall–Kier alpha value is -2.06. The van der Waals surface area contributed by atoms with Gasteiger partial charge in [-0.15, -0.1) is 0 Å². The van der Waals surface area contributed by atoms with E-state index in [0.717, 1.165) is 0 Å². The molecule has 0 heterocycles. The van der Waals surface area contributed by atoms with Gasteiger partial charge in [0.2, 0.25) is 5.91 Å². The molecule has 1 rings (SSSR count). The van der Waals surface area contributed by atoms with Crippen molar-refractivity contribution in [3.63, 3.8) is 0 Å². The standard InChI is InChI=1S/C12H15N3O2/c1-15(2)8-12(16)14-10-5-4-9(7-13)6-11(10)17-3/h4-6H,8H2,1-3H3,(H,14,16). The van der Waals surface area contributed by atoms with E-state index in [-0.39, 0.29) is 5.91 Å². The Kier molecular flexibility index (Phi) is 4.49. The minimum Gasteiger partial charge on any atom is -0.495 e. The molecule has 1 N–H and O–H groups in total. The number of amides is 1. The van der Waals surface area contributed by atoms with Crippen LogP contribution in [-0.4, -0.2) is 38.6 Å². The van der Waals surface area contributed by atoms with Gasteiger partial charge in [-0.25, -0.2) is 0 Å². The Morgan fingerprint density at radius 1 is 1.53 bits per heavy atom. The summed E-state index contributed by atoms with van der Waals surface area (Å²) in [6.45, 7) is 0.295. The minimum atomic E-state index is -0.127. The molecule has 0 radical (unpaired) electrons.